The van der Waals surface area contributed by atoms with Crippen molar-refractivity contribution in [1.29, 1.82) is 0 Å². The molecule has 2 N–H and O–H groups in total. The summed E-state index contributed by atoms with van der Waals surface area (Å²) >= 11 is 5.95. The van der Waals surface area contributed by atoms with Gasteiger partial charge in [-0.05, 0) is 24.6 Å². The summed E-state index contributed by atoms with van der Waals surface area (Å²) in [6, 6.07) is 5.44. The number of carbonyl (C=O) groups excluding carboxylic acids is 2. The summed E-state index contributed by atoms with van der Waals surface area (Å²) in [4.78, 5) is 34.5. The van der Waals surface area contributed by atoms with Crippen molar-refractivity contribution in [3.63, 3.8) is 0 Å². The van der Waals surface area contributed by atoms with Crippen LogP contribution in [-0.2, 0) is 11.2 Å². The number of hydrogen-bond donors (Lipinski definition) is 2. The van der Waals surface area contributed by atoms with E-state index in [1.807, 2.05) is 18.2 Å². The molecule has 1 fully saturated rings. The number of nitrogens with zero attached hydrogens (tertiary/aromatic N) is 3. The highest BCUT2D eigenvalue weighted by molar-refractivity contribution is 6.31. The molecule has 3 rings (SSSR count). The van der Waals surface area contributed by atoms with E-state index in [-0.39, 0.29) is 18.5 Å². The number of hydrogen-bond acceptors (Lipinski definition) is 3. The fourth-order valence-corrected chi connectivity index (χ4v) is 2.89. The first-order valence-electron chi connectivity index (χ1n) is 7.94. The van der Waals surface area contributed by atoms with Crippen LogP contribution in [-0.4, -0.2) is 64.9 Å². The summed E-state index contributed by atoms with van der Waals surface area (Å²) in [5, 5.41) is 3.52. The predicted octanol–water partition coefficient (Wildman–Crippen LogP) is 1.63. The van der Waals surface area contributed by atoms with E-state index in [0.717, 1.165) is 29.7 Å². The number of carbonyl (C=O) groups is 2. The van der Waals surface area contributed by atoms with Crippen molar-refractivity contribution in [2.24, 2.45) is 0 Å². The van der Waals surface area contributed by atoms with Crippen molar-refractivity contribution in [2.45, 2.75) is 12.8 Å². The van der Waals surface area contributed by atoms with E-state index in [1.165, 1.54) is 0 Å². The van der Waals surface area contributed by atoms with Gasteiger partial charge in [-0.25, -0.2) is 9.78 Å². The number of aryl methyl sites for hydroxylation is 1. The number of likely N-dealkylation sites (N-methyl/N-ethyl adjacent to an activating group) is 1. The van der Waals surface area contributed by atoms with Crippen LogP contribution in [0, 0.1) is 0 Å². The maximum absolute atomic E-state index is 11.9. The number of benzene rings is 1. The smallest absolute Gasteiger partial charge is 0.320 e. The molecule has 128 valence electrons. The summed E-state index contributed by atoms with van der Waals surface area (Å²) in [5.74, 6) is 0.743. The zero-order valence-corrected chi connectivity index (χ0v) is 14.3. The minimum atomic E-state index is -0.130. The Kier molecular flexibility index (Phi) is 4.89. The first-order valence-corrected chi connectivity index (χ1v) is 8.31. The largest absolute Gasteiger partial charge is 0.355 e. The summed E-state index contributed by atoms with van der Waals surface area (Å²) < 4.78 is 0. The Labute approximate surface area is 145 Å². The maximum atomic E-state index is 11.9. The molecule has 7 nitrogen and oxygen atoms in total. The number of fused-ring (bicyclic) bond motifs is 1. The van der Waals surface area contributed by atoms with Gasteiger partial charge in [0.05, 0.1) is 11.0 Å². The minimum absolute atomic E-state index is 0.0916. The second kappa shape index (κ2) is 7.09. The van der Waals surface area contributed by atoms with E-state index in [0.29, 0.717) is 24.7 Å². The average Bonchev–Trinajstić information content (AvgIpc) is 3.09. The SMILES string of the molecule is CN1CCN(CC(=O)NCCCc2nc3ccc(Cl)cc3[nH]2)C1=O. The molecule has 1 aliphatic heterocycles. The van der Waals surface area contributed by atoms with Gasteiger partial charge in [-0.1, -0.05) is 11.6 Å². The number of aromatic amines is 1. The molecule has 2 heterocycles. The third-order valence-electron chi connectivity index (χ3n) is 4.04. The molecule has 1 aromatic carbocycles. The third kappa shape index (κ3) is 3.79. The Balaban J connectivity index is 1.41. The van der Waals surface area contributed by atoms with Gasteiger partial charge in [-0.2, -0.15) is 0 Å². The van der Waals surface area contributed by atoms with E-state index >= 15 is 0 Å². The number of aromatic nitrogens is 2. The molecule has 3 amide bonds. The van der Waals surface area contributed by atoms with Crippen LogP contribution in [0.25, 0.3) is 11.0 Å². The average molecular weight is 350 g/mol. The summed E-state index contributed by atoms with van der Waals surface area (Å²) in [7, 11) is 1.74. The molecular weight excluding hydrogens is 330 g/mol. The number of halogens is 1. The van der Waals surface area contributed by atoms with Crippen LogP contribution in [0.2, 0.25) is 5.02 Å². The van der Waals surface area contributed by atoms with E-state index in [1.54, 1.807) is 16.8 Å². The fourth-order valence-electron chi connectivity index (χ4n) is 2.72. The number of nitrogens with one attached hydrogen (secondary N) is 2. The van der Waals surface area contributed by atoms with Crippen LogP contribution >= 0.6 is 11.6 Å². The molecule has 0 aliphatic carbocycles. The van der Waals surface area contributed by atoms with Gasteiger partial charge < -0.3 is 20.1 Å². The van der Waals surface area contributed by atoms with Crippen LogP contribution in [0.3, 0.4) is 0 Å². The first kappa shape index (κ1) is 16.6. The third-order valence-corrected chi connectivity index (χ3v) is 4.28. The summed E-state index contributed by atoms with van der Waals surface area (Å²) in [6.45, 7) is 1.94. The number of urea groups is 1. The van der Waals surface area contributed by atoms with Gasteiger partial charge in [0.25, 0.3) is 0 Å². The molecule has 1 aromatic heterocycles. The standard InChI is InChI=1S/C16H20ClN5O2/c1-21-7-8-22(16(21)24)10-15(23)18-6-2-3-14-19-12-5-4-11(17)9-13(12)20-14/h4-5,9H,2-3,6-8,10H2,1H3,(H,18,23)(H,19,20). The van der Waals surface area contributed by atoms with Gasteiger partial charge in [0.2, 0.25) is 5.91 Å². The quantitative estimate of drug-likeness (QED) is 0.778. The topological polar surface area (TPSA) is 81.3 Å². The molecule has 0 atom stereocenters. The van der Waals surface area contributed by atoms with Crippen molar-refractivity contribution in [2.75, 3.05) is 33.2 Å². The van der Waals surface area contributed by atoms with Crippen molar-refractivity contribution in [3.05, 3.63) is 29.0 Å². The van der Waals surface area contributed by atoms with Crippen LogP contribution < -0.4 is 5.32 Å². The molecule has 1 saturated heterocycles. The molecular formula is C16H20ClN5O2. The normalized spacial score (nSPS) is 14.7. The fraction of sp³-hybridized carbons (Fsp3) is 0.438. The molecule has 0 saturated carbocycles. The highest BCUT2D eigenvalue weighted by Crippen LogP contribution is 2.17. The minimum Gasteiger partial charge on any atom is -0.355 e. The van der Waals surface area contributed by atoms with Crippen molar-refractivity contribution in [1.82, 2.24) is 25.1 Å². The van der Waals surface area contributed by atoms with Crippen LogP contribution in [0.15, 0.2) is 18.2 Å². The molecule has 0 bridgehead atoms. The molecule has 1 aliphatic rings. The number of amides is 3. The molecule has 8 heteroatoms. The predicted molar refractivity (Wildman–Crippen MR) is 92.0 cm³/mol. The summed E-state index contributed by atoms with van der Waals surface area (Å²) in [5.41, 5.74) is 1.80. The van der Waals surface area contributed by atoms with Gasteiger partial charge in [-0.15, -0.1) is 0 Å². The zero-order chi connectivity index (χ0) is 17.1. The van der Waals surface area contributed by atoms with E-state index in [9.17, 15) is 9.59 Å². The van der Waals surface area contributed by atoms with Crippen LogP contribution in [0.5, 0.6) is 0 Å². The van der Waals surface area contributed by atoms with Gasteiger partial charge >= 0.3 is 6.03 Å². The maximum Gasteiger partial charge on any atom is 0.320 e. The Morgan fingerprint density at radius 1 is 1.42 bits per heavy atom. The van der Waals surface area contributed by atoms with Crippen LogP contribution in [0.1, 0.15) is 12.2 Å². The summed E-state index contributed by atoms with van der Waals surface area (Å²) in [6.07, 6.45) is 1.51. The molecule has 2 aromatic rings. The number of rotatable bonds is 6. The van der Waals surface area contributed by atoms with Gasteiger partial charge in [-0.3, -0.25) is 4.79 Å². The van der Waals surface area contributed by atoms with Crippen molar-refractivity contribution in [3.8, 4) is 0 Å². The Morgan fingerprint density at radius 2 is 2.25 bits per heavy atom. The Bertz CT molecular complexity index is 760. The highest BCUT2D eigenvalue weighted by Gasteiger charge is 2.26. The lowest BCUT2D eigenvalue weighted by Crippen LogP contribution is -2.39. The van der Waals surface area contributed by atoms with Crippen molar-refractivity contribution < 1.29 is 9.59 Å². The number of imidazole rings is 1. The van der Waals surface area contributed by atoms with E-state index < -0.39 is 0 Å². The lowest BCUT2D eigenvalue weighted by atomic mass is 10.3. The first-order chi connectivity index (χ1) is 11.5. The second-order valence-electron chi connectivity index (χ2n) is 5.92. The molecule has 0 radical (unpaired) electrons. The second-order valence-corrected chi connectivity index (χ2v) is 6.36. The van der Waals surface area contributed by atoms with Gasteiger partial charge in [0.1, 0.15) is 12.4 Å². The zero-order valence-electron chi connectivity index (χ0n) is 13.5. The molecule has 24 heavy (non-hydrogen) atoms. The molecule has 0 unspecified atom stereocenters. The highest BCUT2D eigenvalue weighted by atomic mass is 35.5. The monoisotopic (exact) mass is 349 g/mol. The van der Waals surface area contributed by atoms with E-state index in [4.69, 9.17) is 11.6 Å². The Hall–Kier alpha value is -2.28. The molecule has 0 spiro atoms. The van der Waals surface area contributed by atoms with Gasteiger partial charge in [0, 0.05) is 38.1 Å². The lowest BCUT2D eigenvalue weighted by molar-refractivity contribution is -0.121. The number of H-pyrrole nitrogens is 1. The van der Waals surface area contributed by atoms with Gasteiger partial charge in [0.15, 0.2) is 0 Å². The lowest BCUT2D eigenvalue weighted by Gasteiger charge is -2.15. The van der Waals surface area contributed by atoms with Crippen molar-refractivity contribution >= 4 is 34.6 Å². The van der Waals surface area contributed by atoms with E-state index in [2.05, 4.69) is 15.3 Å². The van der Waals surface area contributed by atoms with Crippen LogP contribution in [0.4, 0.5) is 4.79 Å². The Morgan fingerprint density at radius 3 is 3.00 bits per heavy atom.